The van der Waals surface area contributed by atoms with E-state index in [1.807, 2.05) is 93.6 Å². The van der Waals surface area contributed by atoms with Crippen LogP contribution in [0.5, 0.6) is 0 Å². The lowest BCUT2D eigenvalue weighted by atomic mass is 10.00. The highest BCUT2D eigenvalue weighted by Gasteiger charge is 2.36. The monoisotopic (exact) mass is 1060 g/mol. The first-order valence-electron chi connectivity index (χ1n) is 25.4. The van der Waals surface area contributed by atoms with Crippen molar-refractivity contribution in [3.8, 4) is 0 Å². The molecule has 0 spiro atoms. The lowest BCUT2D eigenvalue weighted by Crippen LogP contribution is -2.62. The number of unbranched alkanes of at least 4 members (excludes halogenated alkanes) is 3. The normalized spacial score (nSPS) is 22.4. The van der Waals surface area contributed by atoms with Crippen LogP contribution in [0.25, 0.3) is 10.9 Å². The maximum Gasteiger partial charge on any atom is 0.245 e. The van der Waals surface area contributed by atoms with Crippen LogP contribution in [-0.2, 0) is 52.8 Å². The Morgan fingerprint density at radius 3 is 1.92 bits per heavy atom. The van der Waals surface area contributed by atoms with E-state index in [4.69, 9.17) is 0 Å². The van der Waals surface area contributed by atoms with Crippen LogP contribution in [0.4, 0.5) is 0 Å². The van der Waals surface area contributed by atoms with Gasteiger partial charge in [0.25, 0.3) is 0 Å². The SMILES string of the molecule is CCCCCCC1NC(=O)C(Cc2c[nH]c3ccccc23)NC(=O)C(Cc2ccc(C)cc2)NC(=O)C(NC(=O)C(Cc2ccc(C)cc2)NC)CSSCC(C(=O)NC(C)C(C)O)NC(=O)C(C(C)O)NC1=O. The summed E-state index contributed by atoms with van der Waals surface area (Å²) >= 11 is 0. The second-order valence-corrected chi connectivity index (χ2v) is 21.8. The van der Waals surface area contributed by atoms with E-state index < -0.39 is 102 Å². The van der Waals surface area contributed by atoms with Crippen LogP contribution in [0.15, 0.2) is 79.0 Å². The van der Waals surface area contributed by atoms with Gasteiger partial charge in [0.2, 0.25) is 41.4 Å². The third kappa shape index (κ3) is 17.9. The Morgan fingerprint density at radius 2 is 1.28 bits per heavy atom. The number of nitrogens with one attached hydrogen (secondary N) is 9. The van der Waals surface area contributed by atoms with Gasteiger partial charge in [-0.25, -0.2) is 0 Å². The molecule has 2 heterocycles. The van der Waals surface area contributed by atoms with Crippen molar-refractivity contribution in [2.75, 3.05) is 18.6 Å². The highest BCUT2D eigenvalue weighted by Crippen LogP contribution is 2.25. The van der Waals surface area contributed by atoms with Gasteiger partial charge in [0.05, 0.1) is 24.3 Å². The number of aliphatic hydroxyl groups is 2. The van der Waals surface area contributed by atoms with Crippen LogP contribution in [0.3, 0.4) is 0 Å². The molecule has 11 N–H and O–H groups in total. The van der Waals surface area contributed by atoms with Crippen molar-refractivity contribution in [3.05, 3.63) is 107 Å². The largest absolute Gasteiger partial charge is 0.391 e. The minimum atomic E-state index is -1.59. The summed E-state index contributed by atoms with van der Waals surface area (Å²) < 4.78 is 0. The number of hydrogen-bond donors (Lipinski definition) is 11. The van der Waals surface area contributed by atoms with Crippen LogP contribution >= 0.6 is 21.6 Å². The summed E-state index contributed by atoms with van der Waals surface area (Å²) in [5, 5.41) is 44.6. The number of aromatic amines is 1. The van der Waals surface area contributed by atoms with Crippen LogP contribution in [-0.4, -0.2) is 136 Å². The summed E-state index contributed by atoms with van der Waals surface area (Å²) in [5.74, 6) is -5.13. The van der Waals surface area contributed by atoms with Gasteiger partial charge in [-0.2, -0.15) is 0 Å². The Bertz CT molecular complexity index is 2510. The zero-order valence-corrected chi connectivity index (χ0v) is 45.1. The van der Waals surface area contributed by atoms with E-state index >= 15 is 0 Å². The van der Waals surface area contributed by atoms with E-state index in [0.29, 0.717) is 24.0 Å². The van der Waals surface area contributed by atoms with Crippen LogP contribution in [0.2, 0.25) is 0 Å². The Balaban J connectivity index is 1.58. The average Bonchev–Trinajstić information content (AvgIpc) is 3.78. The number of amides is 7. The maximum atomic E-state index is 14.9. The molecule has 402 valence electrons. The lowest BCUT2D eigenvalue weighted by molar-refractivity contribution is -0.136. The highest BCUT2D eigenvalue weighted by atomic mass is 33.1. The Hall–Kier alpha value is -5.93. The third-order valence-electron chi connectivity index (χ3n) is 13.1. The summed E-state index contributed by atoms with van der Waals surface area (Å²) in [6.45, 7) is 10.3. The van der Waals surface area contributed by atoms with E-state index in [0.717, 1.165) is 68.4 Å². The van der Waals surface area contributed by atoms with E-state index in [-0.39, 0.29) is 30.8 Å². The van der Waals surface area contributed by atoms with Crippen molar-refractivity contribution >= 4 is 73.8 Å². The summed E-state index contributed by atoms with van der Waals surface area (Å²) in [7, 11) is 3.88. The smallest absolute Gasteiger partial charge is 0.245 e. The number of likely N-dealkylation sites (N-methyl/N-ethyl adjacent to an activating group) is 1. The van der Waals surface area contributed by atoms with Gasteiger partial charge in [0.15, 0.2) is 0 Å². The molecule has 0 saturated carbocycles. The first-order valence-corrected chi connectivity index (χ1v) is 27.9. The molecule has 10 unspecified atom stereocenters. The number of carbonyl (C=O) groups excluding carboxylic acids is 7. The van der Waals surface area contributed by atoms with Crippen molar-refractivity contribution < 1.29 is 43.8 Å². The Labute approximate surface area is 442 Å². The van der Waals surface area contributed by atoms with Crippen LogP contribution in [0.1, 0.15) is 87.6 Å². The molecule has 74 heavy (non-hydrogen) atoms. The van der Waals surface area contributed by atoms with E-state index in [1.54, 1.807) is 20.2 Å². The molecule has 18 nitrogen and oxygen atoms in total. The number of para-hydroxylation sites is 1. The molecule has 1 aliphatic rings. The second kappa shape index (κ2) is 29.2. The highest BCUT2D eigenvalue weighted by molar-refractivity contribution is 8.76. The number of fused-ring (bicyclic) bond motifs is 1. The second-order valence-electron chi connectivity index (χ2n) is 19.3. The molecule has 4 aromatic rings. The van der Waals surface area contributed by atoms with Crippen molar-refractivity contribution in [2.24, 2.45) is 0 Å². The minimum Gasteiger partial charge on any atom is -0.391 e. The van der Waals surface area contributed by atoms with Crippen molar-refractivity contribution in [1.29, 1.82) is 0 Å². The molecule has 1 aliphatic heterocycles. The number of carbonyl (C=O) groups is 7. The van der Waals surface area contributed by atoms with Crippen LogP contribution in [0, 0.1) is 13.8 Å². The Morgan fingerprint density at radius 1 is 0.689 bits per heavy atom. The summed E-state index contributed by atoms with van der Waals surface area (Å²) in [5.41, 5.74) is 5.09. The molecule has 0 bridgehead atoms. The maximum absolute atomic E-state index is 14.9. The standard InChI is InChI=1S/C54H75N9O9S2/c1-8-9-10-11-16-41-48(66)63-47(35(6)65)54(72)62-45(52(70)57-33(4)34(5)64)29-73-74-30-46(61-49(67)42(55-7)25-36-21-17-31(2)18-22-36)53(71)59-43(26-37-23-19-32(3)20-24-37)50(68)60-44(51(69)58-41)27-38-28-56-40-15-13-12-14-39(38)40/h12-15,17-24,28,33-35,41-47,55-56,64-65H,8-11,16,25-27,29-30H2,1-7H3,(H,57,70)(H,58,69)(H,59,71)(H,60,68)(H,61,67)(H,62,72)(H,63,66). The summed E-state index contributed by atoms with van der Waals surface area (Å²) in [4.78, 5) is 104. The number of H-pyrrole nitrogens is 1. The summed E-state index contributed by atoms with van der Waals surface area (Å²) in [6, 6.07) is 13.2. The molecule has 1 fully saturated rings. The summed E-state index contributed by atoms with van der Waals surface area (Å²) in [6.07, 6.45) is 2.73. The molecule has 1 saturated heterocycles. The minimum absolute atomic E-state index is 0.00103. The Kier molecular flexibility index (Phi) is 23.3. The average molecular weight is 1060 g/mol. The van der Waals surface area contributed by atoms with Gasteiger partial charge in [-0.05, 0) is 77.3 Å². The first kappa shape index (κ1) is 59.0. The van der Waals surface area contributed by atoms with Gasteiger partial charge in [0.1, 0.15) is 36.3 Å². The molecule has 0 aliphatic carbocycles. The molecule has 20 heteroatoms. The molecule has 5 rings (SSSR count). The first-order chi connectivity index (χ1) is 35.4. The van der Waals surface area contributed by atoms with Gasteiger partial charge in [-0.1, -0.05) is 132 Å². The quantitative estimate of drug-likeness (QED) is 0.0508. The number of aliphatic hydroxyl groups excluding tert-OH is 2. The number of benzene rings is 3. The van der Waals surface area contributed by atoms with Gasteiger partial charge in [-0.3, -0.25) is 33.6 Å². The molecule has 1 aromatic heterocycles. The molecular formula is C54H75N9O9S2. The van der Waals surface area contributed by atoms with Gasteiger partial charge < -0.3 is 57.7 Å². The van der Waals surface area contributed by atoms with E-state index in [2.05, 4.69) is 47.5 Å². The molecule has 0 radical (unpaired) electrons. The van der Waals surface area contributed by atoms with E-state index in [9.17, 15) is 43.8 Å². The fourth-order valence-corrected chi connectivity index (χ4v) is 10.6. The van der Waals surface area contributed by atoms with Crippen molar-refractivity contribution in [3.63, 3.8) is 0 Å². The van der Waals surface area contributed by atoms with Crippen LogP contribution < -0.4 is 42.5 Å². The lowest BCUT2D eigenvalue weighted by Gasteiger charge is -2.29. The molecule has 10 atom stereocenters. The van der Waals surface area contributed by atoms with Crippen molar-refractivity contribution in [2.45, 2.75) is 153 Å². The zero-order valence-electron chi connectivity index (χ0n) is 43.4. The molecule has 7 amide bonds. The fourth-order valence-electron chi connectivity index (χ4n) is 8.28. The van der Waals surface area contributed by atoms with Crippen molar-refractivity contribution in [1.82, 2.24) is 47.5 Å². The number of aryl methyl sites for hydroxylation is 2. The van der Waals surface area contributed by atoms with Gasteiger partial charge >= 0.3 is 0 Å². The number of hydrogen-bond acceptors (Lipinski definition) is 12. The molecule has 3 aromatic carbocycles. The van der Waals surface area contributed by atoms with Gasteiger partial charge in [-0.15, -0.1) is 0 Å². The predicted octanol–water partition coefficient (Wildman–Crippen LogP) is 2.94. The fraction of sp³-hybridized carbons (Fsp3) is 0.500. The number of rotatable bonds is 18. The number of aromatic nitrogens is 1. The zero-order chi connectivity index (χ0) is 53.9. The predicted molar refractivity (Wildman–Crippen MR) is 291 cm³/mol. The van der Waals surface area contributed by atoms with Gasteiger partial charge in [0, 0.05) is 41.4 Å². The third-order valence-corrected chi connectivity index (χ3v) is 15.5. The topological polar surface area (TPSA) is 272 Å². The van der Waals surface area contributed by atoms with E-state index in [1.165, 1.54) is 13.8 Å². The molecular weight excluding hydrogens is 983 g/mol.